The molecule has 3 aromatic carbocycles. The standard InChI is InChI=1S/C29H30N2O4/c1-4-18-9-11-19(12-10-18)17-30-28(32)26-22-15-24(34-2)25(35-3)16-23(22)29(33)31-14-13-20-7-5-6-8-21(20)27(26)31/h5-12,15-16,26-27H,4,13-14,17H2,1-3H3,(H,30,32)/t26-,27-/m0/s1. The number of aryl methyl sites for hydroxylation is 1. The van der Waals surface area contributed by atoms with Crippen molar-refractivity contribution in [2.24, 2.45) is 0 Å². The van der Waals surface area contributed by atoms with E-state index in [2.05, 4.69) is 30.4 Å². The Morgan fingerprint density at radius 2 is 1.66 bits per heavy atom. The first-order valence-electron chi connectivity index (χ1n) is 12.1. The van der Waals surface area contributed by atoms with Crippen LogP contribution in [0.15, 0.2) is 60.7 Å². The van der Waals surface area contributed by atoms with Gasteiger partial charge in [-0.15, -0.1) is 0 Å². The molecule has 0 fully saturated rings. The summed E-state index contributed by atoms with van der Waals surface area (Å²) in [5.74, 6) is 0.214. The predicted molar refractivity (Wildman–Crippen MR) is 134 cm³/mol. The first-order chi connectivity index (χ1) is 17.0. The van der Waals surface area contributed by atoms with Crippen molar-refractivity contribution in [1.29, 1.82) is 0 Å². The number of fused-ring (bicyclic) bond motifs is 4. The van der Waals surface area contributed by atoms with Crippen molar-refractivity contribution < 1.29 is 19.1 Å². The zero-order valence-corrected chi connectivity index (χ0v) is 20.3. The maximum atomic E-state index is 13.9. The van der Waals surface area contributed by atoms with E-state index in [9.17, 15) is 9.59 Å². The van der Waals surface area contributed by atoms with E-state index >= 15 is 0 Å². The Kier molecular flexibility index (Phi) is 6.20. The Hall–Kier alpha value is -3.80. The fourth-order valence-electron chi connectivity index (χ4n) is 5.32. The molecule has 0 saturated heterocycles. The molecule has 1 N–H and O–H groups in total. The van der Waals surface area contributed by atoms with E-state index < -0.39 is 5.92 Å². The van der Waals surface area contributed by atoms with E-state index in [1.54, 1.807) is 26.4 Å². The van der Waals surface area contributed by atoms with Gasteiger partial charge >= 0.3 is 0 Å². The molecule has 2 heterocycles. The van der Waals surface area contributed by atoms with Crippen molar-refractivity contribution in [2.45, 2.75) is 38.3 Å². The quantitative estimate of drug-likeness (QED) is 0.579. The van der Waals surface area contributed by atoms with E-state index in [1.807, 2.05) is 35.2 Å². The van der Waals surface area contributed by atoms with Gasteiger partial charge in [-0.2, -0.15) is 0 Å². The second kappa shape index (κ2) is 9.45. The molecular formula is C29H30N2O4. The molecule has 0 saturated carbocycles. The summed E-state index contributed by atoms with van der Waals surface area (Å²) < 4.78 is 11.0. The van der Waals surface area contributed by atoms with Crippen LogP contribution in [0.4, 0.5) is 0 Å². The number of hydrogen-bond acceptors (Lipinski definition) is 4. The number of methoxy groups -OCH3 is 2. The van der Waals surface area contributed by atoms with E-state index in [0.29, 0.717) is 35.7 Å². The van der Waals surface area contributed by atoms with Crippen LogP contribution >= 0.6 is 0 Å². The fraction of sp³-hybridized carbons (Fsp3) is 0.310. The Bertz CT molecular complexity index is 1270. The highest BCUT2D eigenvalue weighted by atomic mass is 16.5. The zero-order chi connectivity index (χ0) is 24.5. The third kappa shape index (κ3) is 4.03. The smallest absolute Gasteiger partial charge is 0.254 e. The maximum Gasteiger partial charge on any atom is 0.254 e. The lowest BCUT2D eigenvalue weighted by Crippen LogP contribution is -2.50. The third-order valence-corrected chi connectivity index (χ3v) is 7.21. The molecule has 180 valence electrons. The third-order valence-electron chi connectivity index (χ3n) is 7.21. The van der Waals surface area contributed by atoms with Crippen LogP contribution in [-0.2, 0) is 24.2 Å². The SMILES string of the molecule is CCc1ccc(CNC(=O)[C@H]2c3cc(OC)c(OC)cc3C(=O)N3CCc4ccccc4[C@@H]23)cc1. The molecule has 2 aliphatic heterocycles. The number of rotatable bonds is 6. The highest BCUT2D eigenvalue weighted by Gasteiger charge is 2.46. The number of benzene rings is 3. The van der Waals surface area contributed by atoms with Gasteiger partial charge < -0.3 is 19.7 Å². The molecule has 2 aliphatic rings. The van der Waals surface area contributed by atoms with Crippen LogP contribution in [-0.4, -0.2) is 37.5 Å². The molecule has 2 atom stereocenters. The number of nitrogens with one attached hydrogen (secondary N) is 1. The summed E-state index contributed by atoms with van der Waals surface area (Å²) in [5, 5.41) is 3.14. The lowest BCUT2D eigenvalue weighted by molar-refractivity contribution is -0.124. The normalized spacial score (nSPS) is 18.3. The number of amides is 2. The van der Waals surface area contributed by atoms with Crippen molar-refractivity contribution >= 4 is 11.8 Å². The van der Waals surface area contributed by atoms with E-state index in [-0.39, 0.29) is 17.9 Å². The Labute approximate surface area is 205 Å². The average molecular weight is 471 g/mol. The van der Waals surface area contributed by atoms with E-state index in [0.717, 1.165) is 24.0 Å². The first-order valence-corrected chi connectivity index (χ1v) is 12.1. The Morgan fingerprint density at radius 3 is 2.37 bits per heavy atom. The van der Waals surface area contributed by atoms with Gasteiger partial charge in [-0.3, -0.25) is 9.59 Å². The van der Waals surface area contributed by atoms with Gasteiger partial charge in [0.15, 0.2) is 11.5 Å². The largest absolute Gasteiger partial charge is 0.493 e. The minimum absolute atomic E-state index is 0.0836. The predicted octanol–water partition coefficient (Wildman–Crippen LogP) is 4.42. The minimum Gasteiger partial charge on any atom is -0.493 e. The molecule has 0 aromatic heterocycles. The monoisotopic (exact) mass is 470 g/mol. The van der Waals surface area contributed by atoms with Crippen LogP contribution in [0.2, 0.25) is 0 Å². The average Bonchev–Trinajstić information content (AvgIpc) is 2.91. The van der Waals surface area contributed by atoms with Gasteiger partial charge in [-0.25, -0.2) is 0 Å². The van der Waals surface area contributed by atoms with Crippen molar-refractivity contribution in [3.63, 3.8) is 0 Å². The number of nitrogens with zero attached hydrogens (tertiary/aromatic N) is 1. The Morgan fingerprint density at radius 1 is 0.971 bits per heavy atom. The number of hydrogen-bond donors (Lipinski definition) is 1. The molecule has 0 spiro atoms. The molecule has 35 heavy (non-hydrogen) atoms. The molecular weight excluding hydrogens is 440 g/mol. The summed E-state index contributed by atoms with van der Waals surface area (Å²) in [7, 11) is 3.11. The van der Waals surface area contributed by atoms with Crippen LogP contribution in [0.5, 0.6) is 11.5 Å². The molecule has 0 aliphatic carbocycles. The fourth-order valence-corrected chi connectivity index (χ4v) is 5.32. The Balaban J connectivity index is 1.57. The number of carbonyl (C=O) groups is 2. The molecule has 0 bridgehead atoms. The minimum atomic E-state index is -0.570. The topological polar surface area (TPSA) is 67.9 Å². The van der Waals surface area contributed by atoms with Gasteiger partial charge in [0.1, 0.15) is 0 Å². The summed E-state index contributed by atoms with van der Waals surface area (Å²) in [4.78, 5) is 29.3. The van der Waals surface area contributed by atoms with Crippen LogP contribution in [0.1, 0.15) is 57.1 Å². The van der Waals surface area contributed by atoms with Gasteiger partial charge in [0.25, 0.3) is 5.91 Å². The van der Waals surface area contributed by atoms with Crippen molar-refractivity contribution in [3.05, 3.63) is 94.0 Å². The second-order valence-electron chi connectivity index (χ2n) is 9.05. The summed E-state index contributed by atoms with van der Waals surface area (Å²) >= 11 is 0. The molecule has 6 nitrogen and oxygen atoms in total. The van der Waals surface area contributed by atoms with E-state index in [1.165, 1.54) is 11.1 Å². The lowest BCUT2D eigenvalue weighted by atomic mass is 9.75. The molecule has 0 unspecified atom stereocenters. The molecule has 5 rings (SSSR count). The first kappa shape index (κ1) is 23.0. The van der Waals surface area contributed by atoms with Crippen molar-refractivity contribution in [2.75, 3.05) is 20.8 Å². The number of carbonyl (C=O) groups excluding carboxylic acids is 2. The van der Waals surface area contributed by atoms with Crippen LogP contribution in [0.25, 0.3) is 0 Å². The van der Waals surface area contributed by atoms with Crippen LogP contribution in [0.3, 0.4) is 0 Å². The highest BCUT2D eigenvalue weighted by molar-refractivity contribution is 6.02. The molecule has 3 aromatic rings. The van der Waals surface area contributed by atoms with Gasteiger partial charge in [-0.05, 0) is 52.8 Å². The molecule has 0 radical (unpaired) electrons. The maximum absolute atomic E-state index is 13.9. The van der Waals surface area contributed by atoms with Crippen LogP contribution < -0.4 is 14.8 Å². The molecule has 6 heteroatoms. The number of ether oxygens (including phenoxy) is 2. The second-order valence-corrected chi connectivity index (χ2v) is 9.05. The lowest BCUT2D eigenvalue weighted by Gasteiger charge is -2.45. The summed E-state index contributed by atoms with van der Waals surface area (Å²) in [5.41, 5.74) is 5.67. The highest BCUT2D eigenvalue weighted by Crippen LogP contribution is 2.48. The van der Waals surface area contributed by atoms with Crippen molar-refractivity contribution in [1.82, 2.24) is 10.2 Å². The van der Waals surface area contributed by atoms with E-state index in [4.69, 9.17) is 9.47 Å². The molecule has 2 amide bonds. The van der Waals surface area contributed by atoms with Gasteiger partial charge in [-0.1, -0.05) is 55.5 Å². The summed E-state index contributed by atoms with van der Waals surface area (Å²) in [6.07, 6.45) is 1.74. The van der Waals surface area contributed by atoms with Gasteiger partial charge in [0.05, 0.1) is 26.2 Å². The zero-order valence-electron chi connectivity index (χ0n) is 20.3. The van der Waals surface area contributed by atoms with Crippen LogP contribution in [0, 0.1) is 0 Å². The van der Waals surface area contributed by atoms with Gasteiger partial charge in [0.2, 0.25) is 5.91 Å². The summed E-state index contributed by atoms with van der Waals surface area (Å²) in [6, 6.07) is 19.5. The van der Waals surface area contributed by atoms with Crippen molar-refractivity contribution in [3.8, 4) is 11.5 Å². The van der Waals surface area contributed by atoms with Gasteiger partial charge in [0, 0.05) is 18.7 Å². The summed E-state index contributed by atoms with van der Waals surface area (Å²) in [6.45, 7) is 3.11.